The third kappa shape index (κ3) is 13.1. The Labute approximate surface area is 118 Å². The highest BCUT2D eigenvalue weighted by Crippen LogP contribution is 1.87. The van der Waals surface area contributed by atoms with Crippen LogP contribution >= 0.6 is 0 Å². The zero-order chi connectivity index (χ0) is 14.3. The predicted molar refractivity (Wildman–Crippen MR) is 77.1 cm³/mol. The van der Waals surface area contributed by atoms with Crippen molar-refractivity contribution in [3.05, 3.63) is 0 Å². The lowest BCUT2D eigenvalue weighted by molar-refractivity contribution is -0.126. The standard InChI is InChI=1S/C13H26N2O4.2H2/c1-3-5-8-19-11-13(17)15-7-10-18-9-6-12(16)14-4-2;;/h3-11H2,1-2H3,(H,14,16)(H,15,17);2*1H. The Morgan fingerprint density at radius 1 is 1.00 bits per heavy atom. The van der Waals surface area contributed by atoms with Crippen LogP contribution in [0.25, 0.3) is 0 Å². The van der Waals surface area contributed by atoms with Crippen molar-refractivity contribution in [2.75, 3.05) is 39.5 Å². The van der Waals surface area contributed by atoms with Crippen LogP contribution in [-0.2, 0) is 19.1 Å². The molecule has 0 spiro atoms. The van der Waals surface area contributed by atoms with Gasteiger partial charge in [-0.05, 0) is 13.3 Å². The fourth-order valence-electron chi connectivity index (χ4n) is 1.28. The van der Waals surface area contributed by atoms with Crippen LogP contribution in [-0.4, -0.2) is 51.3 Å². The summed E-state index contributed by atoms with van der Waals surface area (Å²) in [6.07, 6.45) is 2.37. The van der Waals surface area contributed by atoms with Crippen LogP contribution in [0.5, 0.6) is 0 Å². The Morgan fingerprint density at radius 3 is 2.47 bits per heavy atom. The van der Waals surface area contributed by atoms with E-state index >= 15 is 0 Å². The Hall–Kier alpha value is -1.14. The minimum Gasteiger partial charge on any atom is -0.379 e. The van der Waals surface area contributed by atoms with Crippen molar-refractivity contribution in [1.82, 2.24) is 10.6 Å². The lowest BCUT2D eigenvalue weighted by Crippen LogP contribution is -2.31. The van der Waals surface area contributed by atoms with Crippen LogP contribution in [0.15, 0.2) is 0 Å². The number of hydrogen-bond donors (Lipinski definition) is 2. The van der Waals surface area contributed by atoms with Crippen molar-refractivity contribution in [1.29, 1.82) is 0 Å². The summed E-state index contributed by atoms with van der Waals surface area (Å²) in [7, 11) is 0. The zero-order valence-electron chi connectivity index (χ0n) is 12.0. The molecule has 6 nitrogen and oxygen atoms in total. The van der Waals surface area contributed by atoms with E-state index in [4.69, 9.17) is 9.47 Å². The molecule has 0 saturated carbocycles. The number of hydrogen-bond acceptors (Lipinski definition) is 4. The fraction of sp³-hybridized carbons (Fsp3) is 0.846. The molecule has 0 aromatic carbocycles. The highest BCUT2D eigenvalue weighted by atomic mass is 16.5. The van der Waals surface area contributed by atoms with E-state index in [1.807, 2.05) is 6.92 Å². The van der Waals surface area contributed by atoms with E-state index in [0.29, 0.717) is 39.3 Å². The van der Waals surface area contributed by atoms with Crippen LogP contribution in [0.1, 0.15) is 36.0 Å². The molecule has 0 aromatic rings. The summed E-state index contributed by atoms with van der Waals surface area (Å²) in [5, 5.41) is 5.37. The minimum absolute atomic E-state index is 0. The molecule has 0 fully saturated rings. The molecule has 0 aromatic heterocycles. The summed E-state index contributed by atoms with van der Waals surface area (Å²) in [5.74, 6) is -0.153. The smallest absolute Gasteiger partial charge is 0.246 e. The maximum Gasteiger partial charge on any atom is 0.246 e. The van der Waals surface area contributed by atoms with Crippen LogP contribution < -0.4 is 10.6 Å². The van der Waals surface area contributed by atoms with Gasteiger partial charge in [0.1, 0.15) is 6.61 Å². The normalized spacial score (nSPS) is 10.2. The Balaban J connectivity index is -0.00000162. The van der Waals surface area contributed by atoms with E-state index in [0.717, 1.165) is 12.8 Å². The minimum atomic E-state index is -0.136. The van der Waals surface area contributed by atoms with Gasteiger partial charge in [-0.2, -0.15) is 0 Å². The Morgan fingerprint density at radius 2 is 1.79 bits per heavy atom. The van der Waals surface area contributed by atoms with E-state index in [-0.39, 0.29) is 21.3 Å². The number of carbonyl (C=O) groups excluding carboxylic acids is 2. The summed E-state index contributed by atoms with van der Waals surface area (Å²) in [5.41, 5.74) is 0. The highest BCUT2D eigenvalue weighted by Gasteiger charge is 2.01. The highest BCUT2D eigenvalue weighted by molar-refractivity contribution is 5.77. The first-order valence-corrected chi connectivity index (χ1v) is 6.89. The van der Waals surface area contributed by atoms with Gasteiger partial charge in [0.05, 0.1) is 13.2 Å². The molecular weight excluding hydrogens is 248 g/mol. The van der Waals surface area contributed by atoms with Gasteiger partial charge in [0.15, 0.2) is 0 Å². The van der Waals surface area contributed by atoms with E-state index < -0.39 is 0 Å². The molecule has 0 atom stereocenters. The molecule has 0 aliphatic carbocycles. The predicted octanol–water partition coefficient (Wildman–Crippen LogP) is 0.954. The van der Waals surface area contributed by atoms with Crippen molar-refractivity contribution in [2.24, 2.45) is 0 Å². The molecule has 0 saturated heterocycles. The number of amides is 2. The molecule has 2 N–H and O–H groups in total. The molecule has 6 heteroatoms. The van der Waals surface area contributed by atoms with Crippen molar-refractivity contribution < 1.29 is 21.9 Å². The number of rotatable bonds is 12. The molecule has 0 rings (SSSR count). The van der Waals surface area contributed by atoms with Gasteiger partial charge in [0.25, 0.3) is 0 Å². The monoisotopic (exact) mass is 278 g/mol. The third-order valence-electron chi connectivity index (χ3n) is 2.29. The van der Waals surface area contributed by atoms with E-state index in [1.165, 1.54) is 0 Å². The van der Waals surface area contributed by atoms with Crippen LogP contribution in [0.4, 0.5) is 0 Å². The van der Waals surface area contributed by atoms with E-state index in [9.17, 15) is 9.59 Å². The molecule has 0 unspecified atom stereocenters. The molecule has 0 bridgehead atoms. The third-order valence-corrected chi connectivity index (χ3v) is 2.29. The van der Waals surface area contributed by atoms with Crippen LogP contribution in [0, 0.1) is 0 Å². The quantitative estimate of drug-likeness (QED) is 0.521. The van der Waals surface area contributed by atoms with Crippen molar-refractivity contribution >= 4 is 11.8 Å². The van der Waals surface area contributed by atoms with Gasteiger partial charge in [-0.3, -0.25) is 9.59 Å². The van der Waals surface area contributed by atoms with E-state index in [1.54, 1.807) is 0 Å². The first-order chi connectivity index (χ1) is 9.20. The average molecular weight is 278 g/mol. The molecule has 0 aliphatic rings. The maximum absolute atomic E-state index is 11.3. The van der Waals surface area contributed by atoms with Gasteiger partial charge in [0.2, 0.25) is 11.8 Å². The second-order valence-electron chi connectivity index (χ2n) is 4.07. The van der Waals surface area contributed by atoms with Gasteiger partial charge in [-0.15, -0.1) is 0 Å². The van der Waals surface area contributed by atoms with E-state index in [2.05, 4.69) is 17.6 Å². The zero-order valence-corrected chi connectivity index (χ0v) is 12.0. The van der Waals surface area contributed by atoms with Crippen molar-refractivity contribution in [2.45, 2.75) is 33.1 Å². The number of nitrogens with one attached hydrogen (secondary N) is 2. The molecule has 19 heavy (non-hydrogen) atoms. The first kappa shape index (κ1) is 17.9. The first-order valence-electron chi connectivity index (χ1n) is 6.89. The number of ether oxygens (including phenoxy) is 2. The van der Waals surface area contributed by atoms with Gasteiger partial charge < -0.3 is 20.1 Å². The summed E-state index contributed by atoms with van der Waals surface area (Å²) in [6, 6.07) is 0. The molecule has 116 valence electrons. The summed E-state index contributed by atoms with van der Waals surface area (Å²) in [6.45, 7) is 6.50. The lowest BCUT2D eigenvalue weighted by atomic mass is 10.4. The average Bonchev–Trinajstić information content (AvgIpc) is 2.39. The second kappa shape index (κ2) is 13.3. The summed E-state index contributed by atoms with van der Waals surface area (Å²) < 4.78 is 10.4. The number of carbonyl (C=O) groups is 2. The van der Waals surface area contributed by atoms with Gasteiger partial charge in [-0.1, -0.05) is 13.3 Å². The van der Waals surface area contributed by atoms with Crippen LogP contribution in [0.3, 0.4) is 0 Å². The lowest BCUT2D eigenvalue weighted by Gasteiger charge is -2.07. The summed E-state index contributed by atoms with van der Waals surface area (Å²) >= 11 is 0. The van der Waals surface area contributed by atoms with Gasteiger partial charge in [-0.25, -0.2) is 0 Å². The topological polar surface area (TPSA) is 76.7 Å². The fourth-order valence-corrected chi connectivity index (χ4v) is 1.28. The van der Waals surface area contributed by atoms with Crippen molar-refractivity contribution in [3.63, 3.8) is 0 Å². The van der Waals surface area contributed by atoms with Gasteiger partial charge in [0, 0.05) is 29.0 Å². The summed E-state index contributed by atoms with van der Waals surface area (Å²) in [4.78, 5) is 22.4. The van der Waals surface area contributed by atoms with Gasteiger partial charge >= 0.3 is 0 Å². The molecule has 0 radical (unpaired) electrons. The molecule has 2 amide bonds. The second-order valence-corrected chi connectivity index (χ2v) is 4.07. The van der Waals surface area contributed by atoms with Crippen LogP contribution in [0.2, 0.25) is 0 Å². The number of unbranched alkanes of at least 4 members (excludes halogenated alkanes) is 1. The largest absolute Gasteiger partial charge is 0.379 e. The Kier molecular flexibility index (Phi) is 12.5. The Bertz CT molecular complexity index is 256. The molecule has 0 heterocycles. The molecule has 0 aliphatic heterocycles. The van der Waals surface area contributed by atoms with Crippen molar-refractivity contribution in [3.8, 4) is 0 Å². The molecular formula is C13H30N2O4. The SMILES string of the molecule is CCCCOCC(=O)NCCOCCC(=O)NCC.[HH].[HH]. The maximum atomic E-state index is 11.3.